The Labute approximate surface area is 163 Å². The zero-order valence-corrected chi connectivity index (χ0v) is 16.8. The average Bonchev–Trinajstić information content (AvgIpc) is 2.50. The summed E-state index contributed by atoms with van der Waals surface area (Å²) in [5, 5.41) is 2.63. The Kier molecular flexibility index (Phi) is 6.85. The van der Waals surface area contributed by atoms with Crippen molar-refractivity contribution in [1.29, 1.82) is 0 Å². The molecule has 1 fully saturated rings. The number of esters is 1. The lowest BCUT2D eigenvalue weighted by Gasteiger charge is -2.34. The zero-order chi connectivity index (χ0) is 21.1. The van der Waals surface area contributed by atoms with E-state index in [0.717, 1.165) is 5.56 Å². The lowest BCUT2D eigenvalue weighted by atomic mass is 9.71. The van der Waals surface area contributed by atoms with E-state index in [0.29, 0.717) is 18.4 Å². The number of carbonyl (C=O) groups is 2. The van der Waals surface area contributed by atoms with Crippen LogP contribution in [0.15, 0.2) is 18.2 Å². The zero-order valence-electron chi connectivity index (χ0n) is 16.8. The highest BCUT2D eigenvalue weighted by Gasteiger charge is 2.36. The number of amides is 1. The van der Waals surface area contributed by atoms with Gasteiger partial charge in [-0.25, -0.2) is 4.79 Å². The number of methoxy groups -OCH3 is 1. The van der Waals surface area contributed by atoms with Crippen LogP contribution in [0.4, 0.5) is 13.6 Å². The number of rotatable bonds is 6. The van der Waals surface area contributed by atoms with Gasteiger partial charge in [-0.1, -0.05) is 12.1 Å². The molecule has 6 nitrogen and oxygen atoms in total. The third kappa shape index (κ3) is 5.81. The fraction of sp³-hybridized carbons (Fsp3) is 0.600. The third-order valence-corrected chi connectivity index (χ3v) is 4.60. The molecule has 0 heterocycles. The molecule has 1 aliphatic carbocycles. The largest absolute Gasteiger partial charge is 0.469 e. The van der Waals surface area contributed by atoms with Gasteiger partial charge in [0.05, 0.1) is 19.1 Å². The monoisotopic (exact) mass is 399 g/mol. The van der Waals surface area contributed by atoms with E-state index in [1.165, 1.54) is 7.11 Å². The molecule has 156 valence electrons. The highest BCUT2D eigenvalue weighted by molar-refractivity contribution is 5.73. The lowest BCUT2D eigenvalue weighted by molar-refractivity contribution is -0.148. The van der Waals surface area contributed by atoms with Crippen molar-refractivity contribution in [2.75, 3.05) is 7.11 Å². The summed E-state index contributed by atoms with van der Waals surface area (Å²) in [5.41, 5.74) is 0.555. The van der Waals surface area contributed by atoms with Gasteiger partial charge < -0.3 is 19.5 Å². The molecule has 1 atom stereocenters. The van der Waals surface area contributed by atoms with Crippen LogP contribution in [0.2, 0.25) is 0 Å². The van der Waals surface area contributed by atoms with Crippen molar-refractivity contribution < 1.29 is 32.6 Å². The SMILES string of the molecule is COC(=O)C1CC(c2ccc([C@H](C)NC(=O)OC(C)(C)C)c(OC(F)F)c2)C1. The Morgan fingerprint density at radius 2 is 1.86 bits per heavy atom. The summed E-state index contributed by atoms with van der Waals surface area (Å²) >= 11 is 0. The molecule has 0 bridgehead atoms. The molecule has 28 heavy (non-hydrogen) atoms. The van der Waals surface area contributed by atoms with Crippen LogP contribution >= 0.6 is 0 Å². The van der Waals surface area contributed by atoms with Crippen LogP contribution in [0.5, 0.6) is 5.75 Å². The molecule has 0 radical (unpaired) electrons. The molecule has 1 aromatic carbocycles. The minimum absolute atomic E-state index is 0.00224. The summed E-state index contributed by atoms with van der Waals surface area (Å²) < 4.78 is 40.4. The van der Waals surface area contributed by atoms with Gasteiger partial charge in [-0.15, -0.1) is 0 Å². The average molecular weight is 399 g/mol. The van der Waals surface area contributed by atoms with E-state index in [2.05, 4.69) is 10.1 Å². The van der Waals surface area contributed by atoms with Crippen LogP contribution in [-0.4, -0.2) is 31.4 Å². The number of alkyl halides is 2. The molecule has 0 aromatic heterocycles. The molecule has 1 aliphatic rings. The highest BCUT2D eigenvalue weighted by atomic mass is 19.3. The maximum absolute atomic E-state index is 12.9. The number of carbonyl (C=O) groups excluding carboxylic acids is 2. The van der Waals surface area contributed by atoms with Gasteiger partial charge in [0.15, 0.2) is 0 Å². The van der Waals surface area contributed by atoms with Gasteiger partial charge in [-0.2, -0.15) is 8.78 Å². The van der Waals surface area contributed by atoms with Crippen LogP contribution in [0, 0.1) is 5.92 Å². The van der Waals surface area contributed by atoms with Crippen LogP contribution < -0.4 is 10.1 Å². The lowest BCUT2D eigenvalue weighted by Crippen LogP contribution is -2.34. The quantitative estimate of drug-likeness (QED) is 0.711. The maximum Gasteiger partial charge on any atom is 0.408 e. The van der Waals surface area contributed by atoms with E-state index < -0.39 is 24.3 Å². The fourth-order valence-corrected chi connectivity index (χ4v) is 3.17. The Hall–Kier alpha value is -2.38. The molecule has 0 saturated heterocycles. The maximum atomic E-state index is 12.9. The molecular formula is C20H27F2NO5. The van der Waals surface area contributed by atoms with Crippen molar-refractivity contribution in [1.82, 2.24) is 5.32 Å². The number of alkyl carbamates (subject to hydrolysis) is 1. The number of hydrogen-bond acceptors (Lipinski definition) is 5. The molecule has 1 N–H and O–H groups in total. The van der Waals surface area contributed by atoms with E-state index in [9.17, 15) is 18.4 Å². The first-order chi connectivity index (χ1) is 13.0. The van der Waals surface area contributed by atoms with E-state index in [-0.39, 0.29) is 23.6 Å². The molecule has 2 rings (SSSR count). The summed E-state index contributed by atoms with van der Waals surface area (Å²) in [6.07, 6.45) is 0.560. The summed E-state index contributed by atoms with van der Waals surface area (Å²) in [5.74, 6) is -0.348. The van der Waals surface area contributed by atoms with E-state index in [4.69, 9.17) is 9.47 Å². The van der Waals surface area contributed by atoms with Gasteiger partial charge in [0.2, 0.25) is 0 Å². The number of ether oxygens (including phenoxy) is 3. The van der Waals surface area contributed by atoms with Crippen molar-refractivity contribution in [3.8, 4) is 5.75 Å². The summed E-state index contributed by atoms with van der Waals surface area (Å²) in [6, 6.07) is 4.41. The molecule has 0 spiro atoms. The van der Waals surface area contributed by atoms with Gasteiger partial charge in [-0.3, -0.25) is 4.79 Å². The van der Waals surface area contributed by atoms with Crippen LogP contribution in [0.1, 0.15) is 63.6 Å². The first kappa shape index (κ1) is 21.9. The smallest absolute Gasteiger partial charge is 0.408 e. The Bertz CT molecular complexity index is 711. The van der Waals surface area contributed by atoms with E-state index in [1.54, 1.807) is 45.9 Å². The fourth-order valence-electron chi connectivity index (χ4n) is 3.17. The third-order valence-electron chi connectivity index (χ3n) is 4.60. The second-order valence-electron chi connectivity index (χ2n) is 7.93. The van der Waals surface area contributed by atoms with Gasteiger partial charge in [-0.05, 0) is 58.1 Å². The van der Waals surface area contributed by atoms with Crippen molar-refractivity contribution >= 4 is 12.1 Å². The first-order valence-electron chi connectivity index (χ1n) is 9.16. The van der Waals surface area contributed by atoms with Crippen molar-refractivity contribution in [3.63, 3.8) is 0 Å². The Morgan fingerprint density at radius 1 is 1.21 bits per heavy atom. The predicted octanol–water partition coefficient (Wildman–Crippen LogP) is 4.54. The standard InChI is InChI=1S/C20H27F2NO5/c1-11(23-19(25)28-20(2,3)4)15-7-6-12(10-16(15)27-18(21)22)13-8-14(9-13)17(24)26-5/h6-7,10-11,13-14,18H,8-9H2,1-5H3,(H,23,25)/t11-,13?,14?/m0/s1. The number of hydrogen-bond donors (Lipinski definition) is 1. The molecule has 0 unspecified atom stereocenters. The Morgan fingerprint density at radius 3 is 2.39 bits per heavy atom. The highest BCUT2D eigenvalue weighted by Crippen LogP contribution is 2.44. The summed E-state index contributed by atoms with van der Waals surface area (Å²) in [4.78, 5) is 23.5. The topological polar surface area (TPSA) is 73.9 Å². The molecule has 1 aromatic rings. The molecule has 0 aliphatic heterocycles. The molecular weight excluding hydrogens is 372 g/mol. The first-order valence-corrected chi connectivity index (χ1v) is 9.16. The van der Waals surface area contributed by atoms with E-state index in [1.807, 2.05) is 0 Å². The molecule has 1 saturated carbocycles. The van der Waals surface area contributed by atoms with Gasteiger partial charge in [0.1, 0.15) is 11.4 Å². The second kappa shape index (κ2) is 8.75. The Balaban J connectivity index is 2.14. The second-order valence-corrected chi connectivity index (χ2v) is 7.93. The van der Waals surface area contributed by atoms with Crippen molar-refractivity contribution in [2.45, 2.75) is 64.7 Å². The normalized spacial score (nSPS) is 20.1. The minimum atomic E-state index is -2.99. The van der Waals surface area contributed by atoms with Crippen LogP contribution in [0.3, 0.4) is 0 Å². The number of nitrogens with one attached hydrogen (secondary N) is 1. The minimum Gasteiger partial charge on any atom is -0.469 e. The van der Waals surface area contributed by atoms with Gasteiger partial charge >= 0.3 is 18.7 Å². The number of benzene rings is 1. The van der Waals surface area contributed by atoms with Crippen molar-refractivity contribution in [3.05, 3.63) is 29.3 Å². The van der Waals surface area contributed by atoms with E-state index >= 15 is 0 Å². The number of halogens is 2. The summed E-state index contributed by atoms with van der Waals surface area (Å²) in [6.45, 7) is 3.87. The predicted molar refractivity (Wildman–Crippen MR) is 98.3 cm³/mol. The van der Waals surface area contributed by atoms with Crippen LogP contribution in [0.25, 0.3) is 0 Å². The van der Waals surface area contributed by atoms with Crippen LogP contribution in [-0.2, 0) is 14.3 Å². The van der Waals surface area contributed by atoms with Crippen molar-refractivity contribution in [2.24, 2.45) is 5.92 Å². The summed E-state index contributed by atoms with van der Waals surface area (Å²) in [7, 11) is 1.35. The molecule has 1 amide bonds. The molecule has 8 heteroatoms. The van der Waals surface area contributed by atoms with Gasteiger partial charge in [0.25, 0.3) is 0 Å². The van der Waals surface area contributed by atoms with Gasteiger partial charge in [0, 0.05) is 5.56 Å².